The van der Waals surface area contributed by atoms with Crippen LogP contribution in [0.1, 0.15) is 297 Å². The summed E-state index contributed by atoms with van der Waals surface area (Å²) in [6.45, 7) is 4.35. The van der Waals surface area contributed by atoms with E-state index in [9.17, 15) is 43.2 Å². The highest BCUT2D eigenvalue weighted by atomic mass is 31.2. The van der Waals surface area contributed by atoms with Crippen molar-refractivity contribution in [1.29, 1.82) is 0 Å². The maximum atomic E-state index is 13.1. The first-order valence-corrected chi connectivity index (χ1v) is 44.0. The number of carbonyl (C=O) groups excluding carboxylic acids is 4. The van der Waals surface area contributed by atoms with Crippen molar-refractivity contribution in [3.05, 3.63) is 182 Å². The number of unbranched alkanes of at least 4 members (excludes halogenated alkanes) is 19. The van der Waals surface area contributed by atoms with Gasteiger partial charge in [0.1, 0.15) is 19.3 Å². The van der Waals surface area contributed by atoms with Crippen molar-refractivity contribution < 1.29 is 80.2 Å². The summed E-state index contributed by atoms with van der Waals surface area (Å²) in [5.41, 5.74) is 0. The molecule has 0 saturated heterocycles. The van der Waals surface area contributed by atoms with Gasteiger partial charge in [-0.05, 0) is 161 Å². The molecule has 0 fully saturated rings. The molecule has 0 aliphatic carbocycles. The third-order valence-electron chi connectivity index (χ3n) is 16.4. The van der Waals surface area contributed by atoms with Crippen LogP contribution in [0.15, 0.2) is 182 Å². The monoisotopic (exact) mass is 1550 g/mol. The second kappa shape index (κ2) is 79.3. The first-order valence-electron chi connectivity index (χ1n) is 41.0. The number of aliphatic hydroxyl groups is 1. The molecule has 0 radical (unpaired) electrons. The average molecular weight is 1550 g/mol. The first kappa shape index (κ1) is 102. The van der Waals surface area contributed by atoms with Crippen LogP contribution in [0.5, 0.6) is 0 Å². The number of esters is 4. The van der Waals surface area contributed by atoms with Crippen molar-refractivity contribution in [3.8, 4) is 0 Å². The molecule has 612 valence electrons. The standard InChI is InChI=1S/C89H144O17P2/c1-5-9-13-17-21-25-29-33-37-40-41-44-47-50-54-58-62-66-70-74-87(92)100-80-85(106-89(94)76-72-68-64-60-56-52-48-43-39-35-31-27-23-19-15-11-7-3)82-104-108(97,98)102-78-83(90)77-101-107(95,96)103-81-84(105-88(93)75-71-67-63-59-55-51-45-36-32-28-24-20-16-12-8-4)79-99-86(91)73-69-65-61-57-53-49-46-42-38-34-30-26-22-18-14-10-6-2/h9-11,13-15,21-23,25-27,33-39,41,44-45,48,50,52,54,60,62,64,66,83-85,90H,5-8,12,16-20,24,28-32,40,42-43,46-47,49,51,53,55-59,61,63,65,67-82H2,1-4H3,(H,95,96)(H,97,98)/b13-9-,14-10-,15-11-,25-21-,26-22-,27-23-,37-33-,38-34-,39-35-,44-41-,45-36-,52-48-,54-50-,64-60-,66-62-. The first-order chi connectivity index (χ1) is 52.7. The van der Waals surface area contributed by atoms with Crippen LogP contribution in [0.4, 0.5) is 0 Å². The van der Waals surface area contributed by atoms with E-state index in [2.05, 4.69) is 180 Å². The molecular formula is C89H144O17P2. The maximum Gasteiger partial charge on any atom is 0.472 e. The smallest absolute Gasteiger partial charge is 0.462 e. The zero-order chi connectivity index (χ0) is 78.9. The minimum atomic E-state index is -5.02. The third-order valence-corrected chi connectivity index (χ3v) is 18.3. The normalized spacial score (nSPS) is 14.8. The number of carbonyl (C=O) groups is 4. The second-order valence-corrected chi connectivity index (χ2v) is 29.5. The molecule has 0 aromatic heterocycles. The van der Waals surface area contributed by atoms with E-state index in [-0.39, 0.29) is 25.7 Å². The van der Waals surface area contributed by atoms with Gasteiger partial charge in [-0.1, -0.05) is 293 Å². The lowest BCUT2D eigenvalue weighted by molar-refractivity contribution is -0.161. The van der Waals surface area contributed by atoms with E-state index in [0.717, 1.165) is 167 Å². The lowest BCUT2D eigenvalue weighted by Gasteiger charge is -2.21. The van der Waals surface area contributed by atoms with Crippen molar-refractivity contribution in [2.45, 2.75) is 316 Å². The molecule has 108 heavy (non-hydrogen) atoms. The third kappa shape index (κ3) is 78.3. The predicted molar refractivity (Wildman–Crippen MR) is 445 cm³/mol. The van der Waals surface area contributed by atoms with Gasteiger partial charge in [-0.15, -0.1) is 0 Å². The minimum absolute atomic E-state index is 0.00646. The van der Waals surface area contributed by atoms with Crippen molar-refractivity contribution in [2.75, 3.05) is 39.6 Å². The van der Waals surface area contributed by atoms with Gasteiger partial charge in [0.15, 0.2) is 12.2 Å². The van der Waals surface area contributed by atoms with Gasteiger partial charge in [0, 0.05) is 25.7 Å². The van der Waals surface area contributed by atoms with Crippen molar-refractivity contribution >= 4 is 39.5 Å². The Morgan fingerprint density at radius 2 is 0.509 bits per heavy atom. The fraction of sp³-hybridized carbons (Fsp3) is 0.618. The van der Waals surface area contributed by atoms with E-state index in [1.165, 1.54) is 38.5 Å². The fourth-order valence-corrected chi connectivity index (χ4v) is 11.8. The predicted octanol–water partition coefficient (Wildman–Crippen LogP) is 24.3. The quantitative estimate of drug-likeness (QED) is 0.0169. The van der Waals surface area contributed by atoms with Crippen LogP contribution in [0.3, 0.4) is 0 Å². The Labute approximate surface area is 654 Å². The molecule has 0 heterocycles. The molecule has 0 amide bonds. The van der Waals surface area contributed by atoms with E-state index in [0.29, 0.717) is 38.5 Å². The number of hydrogen-bond donors (Lipinski definition) is 3. The highest BCUT2D eigenvalue weighted by molar-refractivity contribution is 7.47. The Morgan fingerprint density at radius 1 is 0.269 bits per heavy atom. The fourth-order valence-electron chi connectivity index (χ4n) is 10.2. The Morgan fingerprint density at radius 3 is 0.843 bits per heavy atom. The van der Waals surface area contributed by atoms with Crippen LogP contribution >= 0.6 is 15.6 Å². The van der Waals surface area contributed by atoms with Crippen LogP contribution in [-0.2, 0) is 65.4 Å². The molecule has 19 heteroatoms. The molecule has 17 nitrogen and oxygen atoms in total. The Bertz CT molecular complexity index is 2760. The molecule has 5 atom stereocenters. The largest absolute Gasteiger partial charge is 0.472 e. The molecule has 0 saturated carbocycles. The summed E-state index contributed by atoms with van der Waals surface area (Å²) in [4.78, 5) is 73.1. The van der Waals surface area contributed by atoms with Gasteiger partial charge in [-0.3, -0.25) is 37.3 Å². The number of ether oxygens (including phenoxy) is 4. The van der Waals surface area contributed by atoms with Crippen molar-refractivity contribution in [1.82, 2.24) is 0 Å². The van der Waals surface area contributed by atoms with Crippen LogP contribution in [0, 0.1) is 0 Å². The van der Waals surface area contributed by atoms with Crippen LogP contribution in [-0.4, -0.2) is 96.7 Å². The Kier molecular flexibility index (Phi) is 75.0. The van der Waals surface area contributed by atoms with E-state index in [1.807, 2.05) is 30.4 Å². The number of hydrogen-bond acceptors (Lipinski definition) is 15. The minimum Gasteiger partial charge on any atom is -0.462 e. The van der Waals surface area contributed by atoms with Gasteiger partial charge >= 0.3 is 39.5 Å². The van der Waals surface area contributed by atoms with Crippen molar-refractivity contribution in [2.24, 2.45) is 0 Å². The molecule has 5 unspecified atom stereocenters. The molecule has 0 aliphatic rings. The summed E-state index contributed by atoms with van der Waals surface area (Å²) in [5.74, 6) is -2.37. The molecule has 0 spiro atoms. The van der Waals surface area contributed by atoms with E-state index >= 15 is 0 Å². The van der Waals surface area contributed by atoms with E-state index in [1.54, 1.807) is 0 Å². The summed E-state index contributed by atoms with van der Waals surface area (Å²) in [7, 11) is -10.0. The number of phosphoric acid groups is 2. The maximum absolute atomic E-state index is 13.1. The van der Waals surface area contributed by atoms with E-state index in [4.69, 9.17) is 37.0 Å². The molecular weight excluding hydrogens is 1400 g/mol. The van der Waals surface area contributed by atoms with Gasteiger partial charge in [-0.2, -0.15) is 0 Å². The van der Waals surface area contributed by atoms with Crippen LogP contribution < -0.4 is 0 Å². The van der Waals surface area contributed by atoms with Gasteiger partial charge in [0.05, 0.1) is 26.4 Å². The number of rotatable bonds is 75. The molecule has 0 aromatic rings. The SMILES string of the molecule is CC/C=C\C/C=C\C/C=C\C/C=C\C/C=C\C/C=C\CCC(=O)OCC(COP(=O)(O)OCC(O)COP(=O)(O)OCC(COC(=O)CCCCCCCCC/C=C\C/C=C\C/C=C\CC)OC(=O)CCCCCCC/C=C\CCCCCCCC)OC(=O)CCC/C=C\C/C=C\C/C=C\C/C=C\C/C=C\CC. The zero-order valence-corrected chi connectivity index (χ0v) is 68.7. The Balaban J connectivity index is 5.52. The summed E-state index contributed by atoms with van der Waals surface area (Å²) in [5, 5.41) is 10.7. The highest BCUT2D eigenvalue weighted by Gasteiger charge is 2.30. The number of aliphatic hydroxyl groups excluding tert-OH is 1. The molecule has 3 N–H and O–H groups in total. The summed E-state index contributed by atoms with van der Waals surface area (Å²) in [6, 6.07) is 0. The molecule has 0 aromatic carbocycles. The molecule has 0 rings (SSSR count). The summed E-state index contributed by atoms with van der Waals surface area (Å²) >= 11 is 0. The second-order valence-electron chi connectivity index (χ2n) is 26.6. The molecule has 0 bridgehead atoms. The Hall–Kier alpha value is -5.84. The summed E-state index contributed by atoms with van der Waals surface area (Å²) < 4.78 is 68.5. The lowest BCUT2D eigenvalue weighted by atomic mass is 10.1. The zero-order valence-electron chi connectivity index (χ0n) is 66.9. The van der Waals surface area contributed by atoms with Gasteiger partial charge < -0.3 is 33.8 Å². The van der Waals surface area contributed by atoms with Gasteiger partial charge in [0.2, 0.25) is 0 Å². The summed E-state index contributed by atoms with van der Waals surface area (Å²) in [6.07, 6.45) is 96.0. The van der Waals surface area contributed by atoms with Crippen LogP contribution in [0.2, 0.25) is 0 Å². The van der Waals surface area contributed by atoms with Gasteiger partial charge in [-0.25, -0.2) is 9.13 Å². The highest BCUT2D eigenvalue weighted by Crippen LogP contribution is 2.45. The number of phosphoric ester groups is 2. The van der Waals surface area contributed by atoms with Crippen molar-refractivity contribution in [3.63, 3.8) is 0 Å². The topological polar surface area (TPSA) is 237 Å². The van der Waals surface area contributed by atoms with E-state index < -0.39 is 97.5 Å². The molecule has 0 aliphatic heterocycles. The number of allylic oxidation sites excluding steroid dienone is 30. The van der Waals surface area contributed by atoms with Gasteiger partial charge in [0.25, 0.3) is 0 Å². The van der Waals surface area contributed by atoms with Crippen LogP contribution in [0.25, 0.3) is 0 Å². The lowest BCUT2D eigenvalue weighted by Crippen LogP contribution is -2.30. The average Bonchev–Trinajstić information content (AvgIpc) is 0.906.